The first kappa shape index (κ1) is 24.3. The minimum Gasteiger partial charge on any atom is -0.444 e. The molecular formula is C20H28N2O6S2. The van der Waals surface area contributed by atoms with Crippen LogP contribution in [0.25, 0.3) is 10.4 Å². The SMILES string of the molecule is Cc1ncsc1-c1ccc([C@H](COCCOS(C)(=O)=O)NC(=O)OC(C)(C)C)cc1. The highest BCUT2D eigenvalue weighted by atomic mass is 32.2. The van der Waals surface area contributed by atoms with Crippen molar-refractivity contribution in [1.82, 2.24) is 10.3 Å². The van der Waals surface area contributed by atoms with E-state index in [1.54, 1.807) is 37.6 Å². The van der Waals surface area contributed by atoms with Crippen LogP contribution in [0, 0.1) is 6.92 Å². The fourth-order valence-corrected chi connectivity index (χ4v) is 3.74. The van der Waals surface area contributed by atoms with E-state index in [0.717, 1.165) is 28.0 Å². The summed E-state index contributed by atoms with van der Waals surface area (Å²) < 4.78 is 37.6. The number of rotatable bonds is 9. The van der Waals surface area contributed by atoms with E-state index in [-0.39, 0.29) is 19.8 Å². The van der Waals surface area contributed by atoms with E-state index in [0.29, 0.717) is 0 Å². The number of nitrogens with zero attached hydrogens (tertiary/aromatic N) is 1. The number of ether oxygens (including phenoxy) is 2. The molecule has 1 N–H and O–H groups in total. The molecule has 0 aliphatic heterocycles. The average molecular weight is 457 g/mol. The van der Waals surface area contributed by atoms with Crippen LogP contribution < -0.4 is 5.32 Å². The smallest absolute Gasteiger partial charge is 0.408 e. The van der Waals surface area contributed by atoms with Gasteiger partial charge in [0.15, 0.2) is 0 Å². The van der Waals surface area contributed by atoms with Gasteiger partial charge in [-0.15, -0.1) is 11.3 Å². The molecular weight excluding hydrogens is 428 g/mol. The van der Waals surface area contributed by atoms with Crippen molar-refractivity contribution in [3.8, 4) is 10.4 Å². The number of hydrogen-bond donors (Lipinski definition) is 1. The molecule has 1 aromatic carbocycles. The van der Waals surface area contributed by atoms with Gasteiger partial charge in [-0.3, -0.25) is 4.18 Å². The molecule has 0 bridgehead atoms. The number of benzene rings is 1. The minimum absolute atomic E-state index is 0.0672. The number of amides is 1. The zero-order chi connectivity index (χ0) is 22.4. The lowest BCUT2D eigenvalue weighted by Crippen LogP contribution is -2.36. The Balaban J connectivity index is 2.07. The zero-order valence-corrected chi connectivity index (χ0v) is 19.4. The Bertz CT molecular complexity index is 933. The largest absolute Gasteiger partial charge is 0.444 e. The standard InChI is InChI=1S/C20H28N2O6S2/c1-14-18(29-13-21-14)16-8-6-15(7-9-16)17(22-19(23)28-20(2,3)4)12-26-10-11-27-30(5,24)25/h6-9,13,17H,10-12H2,1-5H3,(H,22,23)/t17-/m0/s1. The second kappa shape index (κ2) is 10.3. The molecule has 1 heterocycles. The molecule has 2 aromatic rings. The first-order valence-corrected chi connectivity index (χ1v) is 12.1. The van der Waals surface area contributed by atoms with Gasteiger partial charge in [0, 0.05) is 0 Å². The molecule has 1 aromatic heterocycles. The van der Waals surface area contributed by atoms with Crippen molar-refractivity contribution in [1.29, 1.82) is 0 Å². The highest BCUT2D eigenvalue weighted by molar-refractivity contribution is 7.85. The van der Waals surface area contributed by atoms with Crippen LogP contribution in [0.1, 0.15) is 38.1 Å². The van der Waals surface area contributed by atoms with Crippen molar-refractivity contribution >= 4 is 27.5 Å². The quantitative estimate of drug-likeness (QED) is 0.453. The van der Waals surface area contributed by atoms with Gasteiger partial charge >= 0.3 is 6.09 Å². The summed E-state index contributed by atoms with van der Waals surface area (Å²) in [6.45, 7) is 7.41. The van der Waals surface area contributed by atoms with E-state index >= 15 is 0 Å². The third-order valence-corrected chi connectivity index (χ3v) is 5.39. The van der Waals surface area contributed by atoms with Gasteiger partial charge in [0.05, 0.1) is 48.2 Å². The summed E-state index contributed by atoms with van der Waals surface area (Å²) in [7, 11) is -3.52. The Kier molecular flexibility index (Phi) is 8.36. The summed E-state index contributed by atoms with van der Waals surface area (Å²) in [5, 5.41) is 2.81. The minimum atomic E-state index is -3.52. The maximum absolute atomic E-state index is 12.3. The van der Waals surface area contributed by atoms with Crippen molar-refractivity contribution in [2.24, 2.45) is 0 Å². The third-order valence-electron chi connectivity index (χ3n) is 3.82. The Hall–Kier alpha value is -2.01. The second-order valence-corrected chi connectivity index (χ2v) is 10.2. The number of nitrogens with one attached hydrogen (secondary N) is 1. The average Bonchev–Trinajstić information content (AvgIpc) is 3.04. The Morgan fingerprint density at radius 3 is 2.40 bits per heavy atom. The molecule has 0 unspecified atom stereocenters. The van der Waals surface area contributed by atoms with E-state index in [1.807, 2.05) is 31.2 Å². The normalized spacial score (nSPS) is 13.1. The van der Waals surface area contributed by atoms with Crippen LogP contribution in [0.2, 0.25) is 0 Å². The molecule has 0 radical (unpaired) electrons. The van der Waals surface area contributed by atoms with Crippen molar-refractivity contribution in [2.75, 3.05) is 26.1 Å². The molecule has 1 amide bonds. The van der Waals surface area contributed by atoms with Crippen molar-refractivity contribution in [3.05, 3.63) is 41.0 Å². The number of thiazole rings is 1. The molecule has 10 heteroatoms. The van der Waals surface area contributed by atoms with E-state index in [4.69, 9.17) is 9.47 Å². The van der Waals surface area contributed by atoms with E-state index in [2.05, 4.69) is 14.5 Å². The van der Waals surface area contributed by atoms with Crippen LogP contribution in [0.5, 0.6) is 0 Å². The highest BCUT2D eigenvalue weighted by Gasteiger charge is 2.21. The van der Waals surface area contributed by atoms with Gasteiger partial charge in [-0.25, -0.2) is 9.78 Å². The lowest BCUT2D eigenvalue weighted by molar-refractivity contribution is 0.0420. The monoisotopic (exact) mass is 456 g/mol. The number of aryl methyl sites for hydroxylation is 1. The Morgan fingerprint density at radius 1 is 1.20 bits per heavy atom. The maximum Gasteiger partial charge on any atom is 0.408 e. The zero-order valence-electron chi connectivity index (χ0n) is 17.8. The predicted molar refractivity (Wildman–Crippen MR) is 116 cm³/mol. The molecule has 0 spiro atoms. The number of alkyl carbamates (subject to hydrolysis) is 1. The lowest BCUT2D eigenvalue weighted by atomic mass is 10.0. The van der Waals surface area contributed by atoms with Crippen molar-refractivity contribution in [2.45, 2.75) is 39.3 Å². The number of carbonyl (C=O) groups excluding carboxylic acids is 1. The predicted octanol–water partition coefficient (Wildman–Crippen LogP) is 3.68. The van der Waals surface area contributed by atoms with Crippen LogP contribution in [0.15, 0.2) is 29.8 Å². The summed E-state index contributed by atoms with van der Waals surface area (Å²) in [4.78, 5) is 17.6. The molecule has 0 saturated carbocycles. The first-order valence-electron chi connectivity index (χ1n) is 9.37. The number of hydrogen-bond acceptors (Lipinski definition) is 8. The van der Waals surface area contributed by atoms with Crippen LogP contribution in [0.4, 0.5) is 4.79 Å². The summed E-state index contributed by atoms with van der Waals surface area (Å²) in [5.41, 5.74) is 4.00. The molecule has 166 valence electrons. The summed E-state index contributed by atoms with van der Waals surface area (Å²) in [5.74, 6) is 0. The van der Waals surface area contributed by atoms with Gasteiger partial charge in [0.2, 0.25) is 0 Å². The van der Waals surface area contributed by atoms with Crippen molar-refractivity contribution < 1.29 is 26.9 Å². The molecule has 30 heavy (non-hydrogen) atoms. The van der Waals surface area contributed by atoms with E-state index in [9.17, 15) is 13.2 Å². The number of carbonyl (C=O) groups is 1. The van der Waals surface area contributed by atoms with E-state index < -0.39 is 27.9 Å². The molecule has 1 atom stereocenters. The van der Waals surface area contributed by atoms with E-state index in [1.165, 1.54) is 0 Å². The molecule has 0 aliphatic rings. The third kappa shape index (κ3) is 8.39. The molecule has 2 rings (SSSR count). The van der Waals surface area contributed by atoms with Gasteiger partial charge in [0.25, 0.3) is 10.1 Å². The van der Waals surface area contributed by atoms with Crippen LogP contribution in [0.3, 0.4) is 0 Å². The fraction of sp³-hybridized carbons (Fsp3) is 0.500. The Labute approximate surface area is 181 Å². The van der Waals surface area contributed by atoms with Crippen LogP contribution >= 0.6 is 11.3 Å². The summed E-state index contributed by atoms with van der Waals surface area (Å²) in [6, 6.07) is 7.27. The molecule has 0 fully saturated rings. The van der Waals surface area contributed by atoms with Gasteiger partial charge in [0.1, 0.15) is 5.60 Å². The summed E-state index contributed by atoms with van der Waals surface area (Å²) in [6.07, 6.45) is 0.414. The van der Waals surface area contributed by atoms with Gasteiger partial charge in [-0.05, 0) is 38.8 Å². The van der Waals surface area contributed by atoms with Gasteiger partial charge in [-0.1, -0.05) is 24.3 Å². The second-order valence-electron chi connectivity index (χ2n) is 7.69. The van der Waals surface area contributed by atoms with Crippen LogP contribution in [-0.2, 0) is 23.8 Å². The number of aromatic nitrogens is 1. The fourth-order valence-electron chi connectivity index (χ4n) is 2.56. The molecule has 0 aliphatic carbocycles. The topological polar surface area (TPSA) is 104 Å². The summed E-state index contributed by atoms with van der Waals surface area (Å²) >= 11 is 1.57. The Morgan fingerprint density at radius 2 is 1.87 bits per heavy atom. The maximum atomic E-state index is 12.3. The lowest BCUT2D eigenvalue weighted by Gasteiger charge is -2.24. The molecule has 8 nitrogen and oxygen atoms in total. The highest BCUT2D eigenvalue weighted by Crippen LogP contribution is 2.28. The first-order chi connectivity index (χ1) is 13.9. The van der Waals surface area contributed by atoms with Crippen molar-refractivity contribution in [3.63, 3.8) is 0 Å². The van der Waals surface area contributed by atoms with Gasteiger partial charge in [-0.2, -0.15) is 8.42 Å². The molecule has 0 saturated heterocycles. The van der Waals surface area contributed by atoms with Crippen LogP contribution in [-0.4, -0.2) is 51.2 Å². The van der Waals surface area contributed by atoms with Gasteiger partial charge < -0.3 is 14.8 Å².